The summed E-state index contributed by atoms with van der Waals surface area (Å²) >= 11 is 0. The Morgan fingerprint density at radius 1 is 1.30 bits per heavy atom. The van der Waals surface area contributed by atoms with E-state index in [9.17, 15) is 0 Å². The highest BCUT2D eigenvalue weighted by molar-refractivity contribution is 5.32. The highest BCUT2D eigenvalue weighted by Gasteiger charge is 2.29. The van der Waals surface area contributed by atoms with Crippen LogP contribution in [0.25, 0.3) is 0 Å². The van der Waals surface area contributed by atoms with Gasteiger partial charge in [-0.3, -0.25) is 0 Å². The fraction of sp³-hybridized carbons (Fsp3) is 0.625. The van der Waals surface area contributed by atoms with Crippen LogP contribution in [0.5, 0.6) is 0 Å². The van der Waals surface area contributed by atoms with Gasteiger partial charge in [0.05, 0.1) is 12.2 Å². The van der Waals surface area contributed by atoms with E-state index in [1.54, 1.807) is 0 Å². The smallest absolute Gasteiger partial charge is 0.158 e. The molecule has 1 aromatic carbocycles. The first kappa shape index (κ1) is 15.4. The standard InChI is InChI=1S/C16H25NO3/c1-16(2,20-15-9-5-6-11-18-15)14-8-4-3-7-13(14)10-12-19-17/h3-4,7-8,15H,5-6,9-12,17H2,1-2H3. The second kappa shape index (κ2) is 7.18. The lowest BCUT2D eigenvalue weighted by Gasteiger charge is -2.34. The number of rotatable bonds is 6. The van der Waals surface area contributed by atoms with Crippen LogP contribution in [0.4, 0.5) is 0 Å². The van der Waals surface area contributed by atoms with Gasteiger partial charge in [0.1, 0.15) is 0 Å². The Morgan fingerprint density at radius 2 is 2.10 bits per heavy atom. The molecule has 1 fully saturated rings. The first-order valence-corrected chi connectivity index (χ1v) is 7.33. The highest BCUT2D eigenvalue weighted by atomic mass is 16.7. The molecule has 1 unspecified atom stereocenters. The molecule has 0 spiro atoms. The predicted octanol–water partition coefficient (Wildman–Crippen LogP) is 2.90. The van der Waals surface area contributed by atoms with Crippen LogP contribution in [0, 0.1) is 0 Å². The Kier molecular flexibility index (Phi) is 5.54. The van der Waals surface area contributed by atoms with Gasteiger partial charge in [-0.15, -0.1) is 0 Å². The maximum absolute atomic E-state index is 6.19. The molecule has 1 saturated heterocycles. The number of hydrogen-bond acceptors (Lipinski definition) is 4. The van der Waals surface area contributed by atoms with E-state index in [2.05, 4.69) is 26.0 Å². The summed E-state index contributed by atoms with van der Waals surface area (Å²) < 4.78 is 11.9. The van der Waals surface area contributed by atoms with Crippen molar-refractivity contribution in [3.05, 3.63) is 35.4 Å². The maximum Gasteiger partial charge on any atom is 0.158 e. The molecule has 1 aliphatic heterocycles. The first-order valence-electron chi connectivity index (χ1n) is 7.33. The van der Waals surface area contributed by atoms with E-state index in [-0.39, 0.29) is 11.9 Å². The second-order valence-electron chi connectivity index (χ2n) is 5.70. The van der Waals surface area contributed by atoms with Crippen LogP contribution in [0.3, 0.4) is 0 Å². The van der Waals surface area contributed by atoms with Crippen LogP contribution >= 0.6 is 0 Å². The van der Waals surface area contributed by atoms with E-state index in [0.29, 0.717) is 6.61 Å². The van der Waals surface area contributed by atoms with Crippen molar-refractivity contribution in [1.29, 1.82) is 0 Å². The lowest BCUT2D eigenvalue weighted by molar-refractivity contribution is -0.219. The van der Waals surface area contributed by atoms with Gasteiger partial charge in [-0.1, -0.05) is 24.3 Å². The molecule has 20 heavy (non-hydrogen) atoms. The van der Waals surface area contributed by atoms with Crippen LogP contribution in [-0.2, 0) is 26.3 Å². The Balaban J connectivity index is 2.10. The molecule has 2 N–H and O–H groups in total. The van der Waals surface area contributed by atoms with Gasteiger partial charge in [0.15, 0.2) is 6.29 Å². The number of benzene rings is 1. The summed E-state index contributed by atoms with van der Waals surface area (Å²) in [5, 5.41) is 0. The molecule has 2 rings (SSSR count). The normalized spacial score (nSPS) is 20.1. The van der Waals surface area contributed by atoms with Gasteiger partial charge < -0.3 is 14.3 Å². The zero-order chi connectivity index (χ0) is 14.4. The third kappa shape index (κ3) is 4.03. The molecular weight excluding hydrogens is 254 g/mol. The molecule has 1 aromatic rings. The lowest BCUT2D eigenvalue weighted by Crippen LogP contribution is -2.33. The number of hydrogen-bond donors (Lipinski definition) is 1. The third-order valence-corrected chi connectivity index (χ3v) is 3.72. The average molecular weight is 279 g/mol. The fourth-order valence-corrected chi connectivity index (χ4v) is 2.69. The molecule has 4 nitrogen and oxygen atoms in total. The van der Waals surface area contributed by atoms with Crippen molar-refractivity contribution in [2.24, 2.45) is 5.90 Å². The molecule has 112 valence electrons. The van der Waals surface area contributed by atoms with Crippen molar-refractivity contribution in [1.82, 2.24) is 0 Å². The van der Waals surface area contributed by atoms with Gasteiger partial charge in [-0.05, 0) is 50.7 Å². The van der Waals surface area contributed by atoms with Crippen LogP contribution < -0.4 is 5.90 Å². The van der Waals surface area contributed by atoms with E-state index in [4.69, 9.17) is 20.2 Å². The van der Waals surface area contributed by atoms with Crippen molar-refractivity contribution < 1.29 is 14.3 Å². The largest absolute Gasteiger partial charge is 0.353 e. The van der Waals surface area contributed by atoms with E-state index in [1.807, 2.05) is 12.1 Å². The van der Waals surface area contributed by atoms with Crippen molar-refractivity contribution in [2.45, 2.75) is 51.4 Å². The summed E-state index contributed by atoms with van der Waals surface area (Å²) in [5.41, 5.74) is 2.00. The van der Waals surface area contributed by atoms with E-state index in [1.165, 1.54) is 17.5 Å². The Hall–Kier alpha value is -0.940. The minimum atomic E-state index is -0.382. The van der Waals surface area contributed by atoms with Crippen LogP contribution in [0.1, 0.15) is 44.2 Å². The van der Waals surface area contributed by atoms with Crippen molar-refractivity contribution >= 4 is 0 Å². The summed E-state index contributed by atoms with van der Waals surface area (Å²) in [5.74, 6) is 5.13. The highest BCUT2D eigenvalue weighted by Crippen LogP contribution is 2.31. The topological polar surface area (TPSA) is 53.7 Å². The SMILES string of the molecule is CC(C)(OC1CCCCO1)c1ccccc1CCON. The van der Waals surface area contributed by atoms with Gasteiger partial charge in [0.25, 0.3) is 0 Å². The average Bonchev–Trinajstić information content (AvgIpc) is 2.46. The number of ether oxygens (including phenoxy) is 2. The monoisotopic (exact) mass is 279 g/mol. The van der Waals surface area contributed by atoms with Gasteiger partial charge in [0, 0.05) is 6.61 Å². The van der Waals surface area contributed by atoms with Gasteiger partial charge in [-0.2, -0.15) is 0 Å². The minimum Gasteiger partial charge on any atom is -0.353 e. The Morgan fingerprint density at radius 3 is 2.80 bits per heavy atom. The molecule has 1 heterocycles. The van der Waals surface area contributed by atoms with Crippen LogP contribution in [0.2, 0.25) is 0 Å². The fourth-order valence-electron chi connectivity index (χ4n) is 2.69. The maximum atomic E-state index is 6.19. The summed E-state index contributed by atoms with van der Waals surface area (Å²) in [6.07, 6.45) is 3.95. The molecule has 4 heteroatoms. The number of nitrogens with two attached hydrogens (primary N) is 1. The molecule has 0 aromatic heterocycles. The van der Waals surface area contributed by atoms with Crippen LogP contribution in [0.15, 0.2) is 24.3 Å². The van der Waals surface area contributed by atoms with Gasteiger partial charge in [-0.25, -0.2) is 5.90 Å². The molecule has 0 saturated carbocycles. The molecule has 1 aliphatic rings. The summed E-state index contributed by atoms with van der Waals surface area (Å²) in [7, 11) is 0. The summed E-state index contributed by atoms with van der Waals surface area (Å²) in [6.45, 7) is 5.48. The zero-order valence-electron chi connectivity index (χ0n) is 12.4. The molecule has 0 bridgehead atoms. The van der Waals surface area contributed by atoms with Crippen LogP contribution in [-0.4, -0.2) is 19.5 Å². The molecule has 0 radical (unpaired) electrons. The first-order chi connectivity index (χ1) is 9.63. The minimum absolute atomic E-state index is 0.0995. The lowest BCUT2D eigenvalue weighted by atomic mass is 9.91. The van der Waals surface area contributed by atoms with Crippen molar-refractivity contribution in [2.75, 3.05) is 13.2 Å². The van der Waals surface area contributed by atoms with Gasteiger partial charge >= 0.3 is 0 Å². The third-order valence-electron chi connectivity index (χ3n) is 3.72. The predicted molar refractivity (Wildman–Crippen MR) is 78.0 cm³/mol. The molecular formula is C16H25NO3. The molecule has 0 aliphatic carbocycles. The zero-order valence-corrected chi connectivity index (χ0v) is 12.4. The Labute approximate surface area is 121 Å². The Bertz CT molecular complexity index is 414. The van der Waals surface area contributed by atoms with Crippen molar-refractivity contribution in [3.8, 4) is 0 Å². The summed E-state index contributed by atoms with van der Waals surface area (Å²) in [6, 6.07) is 8.27. The molecule has 0 amide bonds. The second-order valence-corrected chi connectivity index (χ2v) is 5.70. The molecule has 1 atom stereocenters. The van der Waals surface area contributed by atoms with E-state index in [0.717, 1.165) is 25.9 Å². The summed E-state index contributed by atoms with van der Waals surface area (Å²) in [4.78, 5) is 4.70. The van der Waals surface area contributed by atoms with E-state index >= 15 is 0 Å². The quantitative estimate of drug-likeness (QED) is 0.814. The van der Waals surface area contributed by atoms with E-state index < -0.39 is 0 Å². The van der Waals surface area contributed by atoms with Gasteiger partial charge in [0.2, 0.25) is 0 Å². The van der Waals surface area contributed by atoms with Crippen molar-refractivity contribution in [3.63, 3.8) is 0 Å².